The fraction of sp³-hybridized carbons (Fsp3) is 0.708. The third kappa shape index (κ3) is 4.55. The van der Waals surface area contributed by atoms with Crippen molar-refractivity contribution in [3.63, 3.8) is 0 Å². The summed E-state index contributed by atoms with van der Waals surface area (Å²) in [7, 11) is 0. The van der Waals surface area contributed by atoms with E-state index in [1.165, 1.54) is 19.3 Å². The van der Waals surface area contributed by atoms with Gasteiger partial charge in [-0.25, -0.2) is 4.98 Å². The molecule has 2 heterocycles. The lowest BCUT2D eigenvalue weighted by Crippen LogP contribution is -2.53. The van der Waals surface area contributed by atoms with Gasteiger partial charge in [-0.05, 0) is 68.4 Å². The molecule has 6 nitrogen and oxygen atoms in total. The fourth-order valence-corrected chi connectivity index (χ4v) is 6.97. The first kappa shape index (κ1) is 21.0. The van der Waals surface area contributed by atoms with Crippen molar-refractivity contribution in [3.05, 3.63) is 23.4 Å². The van der Waals surface area contributed by atoms with E-state index in [2.05, 4.69) is 15.2 Å². The Kier molecular flexibility index (Phi) is 5.84. The summed E-state index contributed by atoms with van der Waals surface area (Å²) < 4.78 is 5.67. The van der Waals surface area contributed by atoms with E-state index < -0.39 is 0 Å². The van der Waals surface area contributed by atoms with Crippen molar-refractivity contribution < 1.29 is 14.3 Å². The first-order valence-corrected chi connectivity index (χ1v) is 12.2. The maximum absolute atomic E-state index is 13.0. The van der Waals surface area contributed by atoms with Crippen molar-refractivity contribution in [2.45, 2.75) is 63.9 Å². The number of pyridine rings is 1. The zero-order chi connectivity index (χ0) is 21.4. The molecule has 4 saturated carbocycles. The molecule has 5 aliphatic rings. The molecule has 168 valence electrons. The van der Waals surface area contributed by atoms with Gasteiger partial charge in [-0.2, -0.15) is 0 Å². The van der Waals surface area contributed by atoms with Crippen LogP contribution < -0.4 is 10.2 Å². The molecule has 0 spiro atoms. The van der Waals surface area contributed by atoms with Gasteiger partial charge in [0.1, 0.15) is 11.9 Å². The second-order valence-corrected chi connectivity index (χ2v) is 10.7. The van der Waals surface area contributed by atoms with Crippen molar-refractivity contribution in [3.8, 4) is 0 Å². The van der Waals surface area contributed by atoms with E-state index in [4.69, 9.17) is 16.3 Å². The maximum Gasteiger partial charge on any atom is 0.307 e. The Bertz CT molecular complexity index is 785. The zero-order valence-corrected chi connectivity index (χ0v) is 18.8. The number of ether oxygens (including phenoxy) is 1. The molecule has 4 aliphatic carbocycles. The Morgan fingerprint density at radius 2 is 1.74 bits per heavy atom. The summed E-state index contributed by atoms with van der Waals surface area (Å²) >= 11 is 5.90. The molecule has 5 fully saturated rings. The predicted octanol–water partition coefficient (Wildman–Crippen LogP) is 3.97. The lowest BCUT2D eigenvalue weighted by Gasteiger charge is -2.55. The molecule has 7 heteroatoms. The molecular weight excluding hydrogens is 414 g/mol. The average Bonchev–Trinajstić information content (AvgIpc) is 2.74. The Labute approximate surface area is 189 Å². The van der Waals surface area contributed by atoms with Crippen LogP contribution >= 0.6 is 11.6 Å². The molecule has 1 aromatic heterocycles. The number of carbonyl (C=O) groups excluding carboxylic acids is 2. The summed E-state index contributed by atoms with van der Waals surface area (Å²) in [6.07, 6.45) is 10.5. The lowest BCUT2D eigenvalue weighted by molar-refractivity contribution is -0.150. The molecule has 6 rings (SSSR count). The molecule has 1 amide bonds. The number of esters is 1. The van der Waals surface area contributed by atoms with Gasteiger partial charge in [0.25, 0.3) is 0 Å². The molecule has 1 aromatic rings. The number of piperidine rings is 1. The monoisotopic (exact) mass is 445 g/mol. The number of halogens is 1. The first-order valence-electron chi connectivity index (χ1n) is 11.8. The van der Waals surface area contributed by atoms with Crippen LogP contribution in [-0.4, -0.2) is 42.6 Å². The fourth-order valence-electron chi connectivity index (χ4n) is 6.86. The summed E-state index contributed by atoms with van der Waals surface area (Å²) in [5.74, 6) is 3.11. The van der Waals surface area contributed by atoms with Crippen molar-refractivity contribution in [2.75, 3.05) is 24.5 Å². The molecule has 0 aromatic carbocycles. The Hall–Kier alpha value is -1.82. The van der Waals surface area contributed by atoms with Gasteiger partial charge in [-0.1, -0.05) is 11.6 Å². The van der Waals surface area contributed by atoms with Gasteiger partial charge in [-0.15, -0.1) is 0 Å². The number of rotatable bonds is 6. The minimum Gasteiger partial charge on any atom is -0.462 e. The van der Waals surface area contributed by atoms with Gasteiger partial charge in [0, 0.05) is 44.1 Å². The van der Waals surface area contributed by atoms with Gasteiger partial charge < -0.3 is 15.0 Å². The van der Waals surface area contributed by atoms with Crippen molar-refractivity contribution >= 4 is 29.3 Å². The van der Waals surface area contributed by atoms with E-state index >= 15 is 0 Å². The number of hydrogen-bond donors (Lipinski definition) is 1. The average molecular weight is 446 g/mol. The highest BCUT2D eigenvalue weighted by molar-refractivity contribution is 6.30. The SMILES string of the molecule is O=C(CCNC(=O)C12CC3CC(CC(C3)C1)C2)OC1CCN(c2ccc(Cl)cn2)CC1. The number of anilines is 1. The number of aromatic nitrogens is 1. The molecule has 0 radical (unpaired) electrons. The van der Waals surface area contributed by atoms with Crippen molar-refractivity contribution in [1.29, 1.82) is 0 Å². The summed E-state index contributed by atoms with van der Waals surface area (Å²) in [6.45, 7) is 1.98. The van der Waals surface area contributed by atoms with Crippen LogP contribution in [0.5, 0.6) is 0 Å². The molecule has 1 N–H and O–H groups in total. The Morgan fingerprint density at radius 1 is 1.10 bits per heavy atom. The molecular formula is C24H32ClN3O3. The van der Waals surface area contributed by atoms with Gasteiger partial charge in [0.05, 0.1) is 11.4 Å². The highest BCUT2D eigenvalue weighted by Gasteiger charge is 2.54. The standard InChI is InChI=1S/C24H32ClN3O3/c25-19-1-2-21(27-15-19)28-7-4-20(5-8-28)31-22(29)3-6-26-23(30)24-12-16-9-17(13-24)11-18(10-16)14-24/h1-2,15-18,20H,3-14H2,(H,26,30). The summed E-state index contributed by atoms with van der Waals surface area (Å²) in [5, 5.41) is 3.70. The second-order valence-electron chi connectivity index (χ2n) is 10.2. The van der Waals surface area contributed by atoms with Crippen LogP contribution in [0.25, 0.3) is 0 Å². The van der Waals surface area contributed by atoms with Crippen LogP contribution in [0.1, 0.15) is 57.8 Å². The predicted molar refractivity (Wildman–Crippen MR) is 119 cm³/mol. The number of carbonyl (C=O) groups is 2. The minimum atomic E-state index is -0.214. The van der Waals surface area contributed by atoms with Gasteiger partial charge in [-0.3, -0.25) is 9.59 Å². The van der Waals surface area contributed by atoms with Crippen LogP contribution in [0, 0.1) is 23.2 Å². The van der Waals surface area contributed by atoms with E-state index in [1.54, 1.807) is 6.20 Å². The van der Waals surface area contributed by atoms with E-state index in [9.17, 15) is 9.59 Å². The minimum absolute atomic E-state index is 0.0603. The topological polar surface area (TPSA) is 71.5 Å². The normalized spacial score (nSPS) is 32.2. The van der Waals surface area contributed by atoms with Gasteiger partial charge in [0.2, 0.25) is 5.91 Å². The largest absolute Gasteiger partial charge is 0.462 e. The first-order chi connectivity index (χ1) is 15.0. The molecule has 31 heavy (non-hydrogen) atoms. The summed E-state index contributed by atoms with van der Waals surface area (Å²) in [5.41, 5.74) is -0.152. The highest BCUT2D eigenvalue weighted by atomic mass is 35.5. The zero-order valence-electron chi connectivity index (χ0n) is 18.0. The van der Waals surface area contributed by atoms with Crippen LogP contribution in [0.4, 0.5) is 5.82 Å². The van der Waals surface area contributed by atoms with Crippen molar-refractivity contribution in [1.82, 2.24) is 10.3 Å². The van der Waals surface area contributed by atoms with Crippen LogP contribution in [0.15, 0.2) is 18.3 Å². The maximum atomic E-state index is 13.0. The van der Waals surface area contributed by atoms with Crippen LogP contribution in [-0.2, 0) is 14.3 Å². The number of nitrogens with one attached hydrogen (secondary N) is 1. The lowest BCUT2D eigenvalue weighted by atomic mass is 9.49. The number of nitrogens with zero attached hydrogens (tertiary/aromatic N) is 2. The summed E-state index contributed by atoms with van der Waals surface area (Å²) in [4.78, 5) is 31.8. The highest BCUT2D eigenvalue weighted by Crippen LogP contribution is 2.60. The third-order valence-electron chi connectivity index (χ3n) is 7.91. The smallest absolute Gasteiger partial charge is 0.307 e. The van der Waals surface area contributed by atoms with E-state index in [-0.39, 0.29) is 29.8 Å². The van der Waals surface area contributed by atoms with E-state index in [0.717, 1.165) is 68.8 Å². The van der Waals surface area contributed by atoms with Gasteiger partial charge in [0.15, 0.2) is 0 Å². The van der Waals surface area contributed by atoms with E-state index in [1.807, 2.05) is 12.1 Å². The molecule has 0 unspecified atom stereocenters. The Balaban J connectivity index is 1.03. The third-order valence-corrected chi connectivity index (χ3v) is 8.13. The number of hydrogen-bond acceptors (Lipinski definition) is 5. The Morgan fingerprint density at radius 3 is 2.32 bits per heavy atom. The molecule has 0 atom stereocenters. The summed E-state index contributed by atoms with van der Waals surface area (Å²) in [6, 6.07) is 3.76. The molecule has 4 bridgehead atoms. The van der Waals surface area contributed by atoms with Crippen LogP contribution in [0.2, 0.25) is 5.02 Å². The molecule has 1 saturated heterocycles. The van der Waals surface area contributed by atoms with Crippen molar-refractivity contribution in [2.24, 2.45) is 23.2 Å². The van der Waals surface area contributed by atoms with Gasteiger partial charge >= 0.3 is 5.97 Å². The van der Waals surface area contributed by atoms with E-state index in [0.29, 0.717) is 11.6 Å². The quantitative estimate of drug-likeness (QED) is 0.671. The second kappa shape index (κ2) is 8.61. The number of amides is 1. The van der Waals surface area contributed by atoms with Crippen LogP contribution in [0.3, 0.4) is 0 Å². The molecule has 1 aliphatic heterocycles.